The molecule has 3 aliphatic carbocycles. The van der Waals surface area contributed by atoms with E-state index in [0.717, 1.165) is 18.4 Å². The van der Waals surface area contributed by atoms with Gasteiger partial charge in [0.15, 0.2) is 5.78 Å². The molecule has 0 radical (unpaired) electrons. The average molecular weight is 334 g/mol. The maximum Gasteiger partial charge on any atom is 0.196 e. The molecular formula is C21H22N2O2. The highest BCUT2D eigenvalue weighted by molar-refractivity contribution is 6.08. The van der Waals surface area contributed by atoms with Crippen molar-refractivity contribution >= 4 is 5.78 Å². The monoisotopic (exact) mass is 334 g/mol. The molecule has 4 unspecified atom stereocenters. The number of ether oxygens (including phenoxy) is 1. The predicted molar refractivity (Wildman–Crippen MR) is 91.9 cm³/mol. The third-order valence-electron chi connectivity index (χ3n) is 7.01. The number of rotatable bonds is 0. The number of hydrogen-bond acceptors (Lipinski definition) is 4. The molecule has 0 spiro atoms. The predicted octanol–water partition coefficient (Wildman–Crippen LogP) is 3.63. The van der Waals surface area contributed by atoms with Crippen LogP contribution in [0, 0.1) is 44.8 Å². The molecule has 1 heterocycles. The summed E-state index contributed by atoms with van der Waals surface area (Å²) in [5.74, 6) is 0.0669. The Morgan fingerprint density at radius 1 is 1.16 bits per heavy atom. The van der Waals surface area contributed by atoms with Crippen molar-refractivity contribution < 1.29 is 9.53 Å². The van der Waals surface area contributed by atoms with Crippen molar-refractivity contribution in [1.82, 2.24) is 0 Å². The van der Waals surface area contributed by atoms with Crippen molar-refractivity contribution in [3.05, 3.63) is 34.9 Å². The maximum absolute atomic E-state index is 12.4. The molecule has 0 aromatic heterocycles. The highest BCUT2D eigenvalue weighted by Crippen LogP contribution is 2.65. The Hall–Kier alpha value is -2.17. The summed E-state index contributed by atoms with van der Waals surface area (Å²) in [6.07, 6.45) is 7.40. The zero-order valence-corrected chi connectivity index (χ0v) is 15.1. The first-order valence-electron chi connectivity index (χ1n) is 8.85. The second-order valence-electron chi connectivity index (χ2n) is 8.89. The molecule has 4 rings (SSSR count). The van der Waals surface area contributed by atoms with Crippen LogP contribution in [0.25, 0.3) is 0 Å². The van der Waals surface area contributed by atoms with Gasteiger partial charge in [0.25, 0.3) is 0 Å². The van der Waals surface area contributed by atoms with E-state index in [-0.39, 0.29) is 45.7 Å². The Bertz CT molecular complexity index is 863. The molecule has 1 saturated heterocycles. The minimum absolute atomic E-state index is 0.0692. The Labute approximate surface area is 148 Å². The molecule has 0 N–H and O–H groups in total. The molecule has 0 aromatic carbocycles. The maximum atomic E-state index is 12.4. The number of carbonyl (C=O) groups is 1. The number of epoxide rings is 1. The van der Waals surface area contributed by atoms with Crippen LogP contribution in [-0.2, 0) is 9.53 Å². The summed E-state index contributed by atoms with van der Waals surface area (Å²) in [6, 6.07) is 4.37. The van der Waals surface area contributed by atoms with Gasteiger partial charge in [-0.2, -0.15) is 10.5 Å². The van der Waals surface area contributed by atoms with Gasteiger partial charge in [0.2, 0.25) is 0 Å². The van der Waals surface area contributed by atoms with Crippen LogP contribution in [0.2, 0.25) is 0 Å². The molecule has 128 valence electrons. The van der Waals surface area contributed by atoms with Crippen LogP contribution in [-0.4, -0.2) is 18.0 Å². The van der Waals surface area contributed by atoms with Crippen LogP contribution in [0.1, 0.15) is 40.5 Å². The third-order valence-corrected chi connectivity index (χ3v) is 7.01. The molecule has 0 aromatic rings. The zero-order valence-electron chi connectivity index (χ0n) is 15.1. The van der Waals surface area contributed by atoms with Gasteiger partial charge in [0, 0.05) is 10.8 Å². The van der Waals surface area contributed by atoms with Crippen molar-refractivity contribution in [3.8, 4) is 12.1 Å². The smallest absolute Gasteiger partial charge is 0.196 e. The van der Waals surface area contributed by atoms with Gasteiger partial charge in [0.05, 0.1) is 23.3 Å². The van der Waals surface area contributed by atoms with Gasteiger partial charge in [-0.05, 0) is 35.8 Å². The van der Waals surface area contributed by atoms with Gasteiger partial charge >= 0.3 is 0 Å². The van der Waals surface area contributed by atoms with Gasteiger partial charge in [-0.1, -0.05) is 39.8 Å². The molecule has 25 heavy (non-hydrogen) atoms. The fourth-order valence-electron chi connectivity index (χ4n) is 5.77. The zero-order chi connectivity index (χ0) is 18.2. The Morgan fingerprint density at radius 2 is 1.88 bits per heavy atom. The van der Waals surface area contributed by atoms with Gasteiger partial charge < -0.3 is 4.74 Å². The summed E-state index contributed by atoms with van der Waals surface area (Å²) in [5.41, 5.74) is 1.17. The number of ketones is 1. The number of allylic oxidation sites excluding steroid dienone is 5. The average Bonchev–Trinajstić information content (AvgIpc) is 3.35. The van der Waals surface area contributed by atoms with E-state index in [1.54, 1.807) is 6.08 Å². The topological polar surface area (TPSA) is 77.2 Å². The van der Waals surface area contributed by atoms with Crippen LogP contribution in [0.3, 0.4) is 0 Å². The molecule has 5 atom stereocenters. The van der Waals surface area contributed by atoms with Gasteiger partial charge in [-0.3, -0.25) is 4.79 Å². The molecular weight excluding hydrogens is 312 g/mol. The largest absolute Gasteiger partial charge is 0.363 e. The summed E-state index contributed by atoms with van der Waals surface area (Å²) >= 11 is 0. The highest BCUT2D eigenvalue weighted by atomic mass is 16.6. The van der Waals surface area contributed by atoms with Crippen molar-refractivity contribution in [1.29, 1.82) is 10.5 Å². The van der Waals surface area contributed by atoms with Gasteiger partial charge in [-0.25, -0.2) is 0 Å². The summed E-state index contributed by atoms with van der Waals surface area (Å²) in [6.45, 7) is 8.71. The van der Waals surface area contributed by atoms with Crippen molar-refractivity contribution in [2.75, 3.05) is 0 Å². The van der Waals surface area contributed by atoms with Crippen molar-refractivity contribution in [3.63, 3.8) is 0 Å². The number of fused-ring (bicyclic) bond motifs is 4. The SMILES string of the molecule is CC12C=C(C#N)C(=O)C=C1[C@@]1(C)C=C(C#N)C3OC3C(C)(C)C1CC2. The Balaban J connectivity index is 1.93. The van der Waals surface area contributed by atoms with E-state index in [1.807, 2.05) is 12.1 Å². The van der Waals surface area contributed by atoms with Crippen molar-refractivity contribution in [2.45, 2.75) is 52.7 Å². The third kappa shape index (κ3) is 1.98. The molecule has 0 bridgehead atoms. The lowest BCUT2D eigenvalue weighted by atomic mass is 9.48. The summed E-state index contributed by atoms with van der Waals surface area (Å²) in [4.78, 5) is 12.4. The van der Waals surface area contributed by atoms with Crippen LogP contribution in [0.4, 0.5) is 0 Å². The van der Waals surface area contributed by atoms with E-state index in [2.05, 4.69) is 39.8 Å². The van der Waals surface area contributed by atoms with Crippen LogP contribution >= 0.6 is 0 Å². The standard InChI is InChI=1S/C21H22N2O2/c1-19(2)15-5-6-20(3)8-12(10-22)14(24)7-16(20)21(15,4)9-13(11-23)17-18(19)25-17/h7-9,15,17-18H,5-6H2,1-4H3/t15?,17?,18?,20?,21-/m0/s1. The molecule has 4 nitrogen and oxygen atoms in total. The quantitative estimate of drug-likeness (QED) is 0.634. The Kier molecular flexibility index (Phi) is 3.07. The van der Waals surface area contributed by atoms with E-state index in [9.17, 15) is 15.3 Å². The fourth-order valence-corrected chi connectivity index (χ4v) is 5.77. The Morgan fingerprint density at radius 3 is 2.52 bits per heavy atom. The lowest BCUT2D eigenvalue weighted by Crippen LogP contribution is -2.48. The fraction of sp³-hybridized carbons (Fsp3) is 0.571. The molecule has 4 aliphatic rings. The van der Waals surface area contributed by atoms with E-state index in [4.69, 9.17) is 4.74 Å². The summed E-state index contributed by atoms with van der Waals surface area (Å²) in [5, 5.41) is 18.9. The normalized spacial score (nSPS) is 43.7. The van der Waals surface area contributed by atoms with Crippen LogP contribution in [0.5, 0.6) is 0 Å². The molecule has 2 fully saturated rings. The second-order valence-corrected chi connectivity index (χ2v) is 8.89. The number of carbonyl (C=O) groups excluding carboxylic acids is 1. The van der Waals surface area contributed by atoms with E-state index >= 15 is 0 Å². The molecule has 1 aliphatic heterocycles. The van der Waals surface area contributed by atoms with E-state index < -0.39 is 0 Å². The molecule has 4 heteroatoms. The first kappa shape index (κ1) is 16.3. The van der Waals surface area contributed by atoms with Gasteiger partial charge in [0.1, 0.15) is 12.2 Å². The van der Waals surface area contributed by atoms with E-state index in [1.165, 1.54) is 0 Å². The van der Waals surface area contributed by atoms with Crippen LogP contribution < -0.4 is 0 Å². The molecule has 0 amide bonds. The van der Waals surface area contributed by atoms with Gasteiger partial charge in [-0.15, -0.1) is 0 Å². The molecule has 1 saturated carbocycles. The minimum atomic E-state index is -0.383. The second kappa shape index (κ2) is 4.71. The number of nitrogens with zero attached hydrogens (tertiary/aromatic N) is 2. The first-order valence-corrected chi connectivity index (χ1v) is 8.85. The number of hydrogen-bond donors (Lipinski definition) is 0. The van der Waals surface area contributed by atoms with Crippen molar-refractivity contribution in [2.24, 2.45) is 22.2 Å². The summed E-state index contributed by atoms with van der Waals surface area (Å²) in [7, 11) is 0. The number of nitriles is 2. The van der Waals surface area contributed by atoms with Crippen LogP contribution in [0.15, 0.2) is 34.9 Å². The summed E-state index contributed by atoms with van der Waals surface area (Å²) < 4.78 is 5.86. The van der Waals surface area contributed by atoms with E-state index in [0.29, 0.717) is 5.57 Å². The highest BCUT2D eigenvalue weighted by Gasteiger charge is 2.63. The minimum Gasteiger partial charge on any atom is -0.363 e. The lowest BCUT2D eigenvalue weighted by molar-refractivity contribution is -0.111. The first-order chi connectivity index (χ1) is 11.7. The lowest BCUT2D eigenvalue weighted by Gasteiger charge is -2.55.